The van der Waals surface area contributed by atoms with Gasteiger partial charge < -0.3 is 9.47 Å². The lowest BCUT2D eigenvalue weighted by atomic mass is 10.1. The summed E-state index contributed by atoms with van der Waals surface area (Å²) in [5.41, 5.74) is 0.641. The fourth-order valence-corrected chi connectivity index (χ4v) is 3.64. The van der Waals surface area contributed by atoms with Crippen molar-refractivity contribution in [2.75, 3.05) is 18.0 Å². The summed E-state index contributed by atoms with van der Waals surface area (Å²) < 4.78 is 29.1. The SMILES string of the molecule is CC(C)n1cnc(S(=O)(=O)NCc2ccnc(N3CCCCC3)n2)c1. The standard InChI is InChI=1S/C16H24N6O2S/c1-13(2)22-11-15(18-12-22)25(23,24)19-10-14-6-7-17-16(20-14)21-8-4-3-5-9-21/h6-7,11-13,19H,3-5,8-10H2,1-2H3. The molecule has 0 spiro atoms. The molecule has 1 N–H and O–H groups in total. The molecule has 0 saturated carbocycles. The van der Waals surface area contributed by atoms with Crippen LogP contribution in [0.1, 0.15) is 44.8 Å². The van der Waals surface area contributed by atoms with E-state index in [1.807, 2.05) is 13.8 Å². The number of piperidine rings is 1. The highest BCUT2D eigenvalue weighted by Crippen LogP contribution is 2.16. The number of nitrogens with zero attached hydrogens (tertiary/aromatic N) is 5. The van der Waals surface area contributed by atoms with Gasteiger partial charge in [-0.3, -0.25) is 0 Å². The van der Waals surface area contributed by atoms with Gasteiger partial charge in [-0.15, -0.1) is 0 Å². The molecule has 1 aliphatic heterocycles. The van der Waals surface area contributed by atoms with E-state index in [1.165, 1.54) is 18.9 Å². The molecule has 0 aromatic carbocycles. The second kappa shape index (κ2) is 7.49. The molecule has 2 aromatic heterocycles. The Morgan fingerprint density at radius 3 is 2.64 bits per heavy atom. The highest BCUT2D eigenvalue weighted by atomic mass is 32.2. The first-order chi connectivity index (χ1) is 12.0. The van der Waals surface area contributed by atoms with Gasteiger partial charge in [0.15, 0.2) is 5.03 Å². The van der Waals surface area contributed by atoms with Crippen LogP contribution in [0.4, 0.5) is 5.95 Å². The maximum Gasteiger partial charge on any atom is 0.259 e. The molecule has 1 saturated heterocycles. The summed E-state index contributed by atoms with van der Waals surface area (Å²) in [6.07, 6.45) is 8.25. The minimum absolute atomic E-state index is 0.0199. The summed E-state index contributed by atoms with van der Waals surface area (Å²) in [6, 6.07) is 1.88. The average molecular weight is 364 g/mol. The maximum absolute atomic E-state index is 12.4. The van der Waals surface area contributed by atoms with Gasteiger partial charge in [0.25, 0.3) is 10.0 Å². The minimum Gasteiger partial charge on any atom is -0.341 e. The molecule has 136 valence electrons. The first-order valence-electron chi connectivity index (χ1n) is 8.56. The third-order valence-corrected chi connectivity index (χ3v) is 5.52. The monoisotopic (exact) mass is 364 g/mol. The van der Waals surface area contributed by atoms with Crippen molar-refractivity contribution in [1.29, 1.82) is 0 Å². The lowest BCUT2D eigenvalue weighted by molar-refractivity contribution is 0.565. The predicted octanol–water partition coefficient (Wildman–Crippen LogP) is 1.72. The molecule has 0 bridgehead atoms. The topological polar surface area (TPSA) is 93.0 Å². The maximum atomic E-state index is 12.4. The molecule has 3 heterocycles. The molecule has 9 heteroatoms. The quantitative estimate of drug-likeness (QED) is 0.839. The van der Waals surface area contributed by atoms with Gasteiger partial charge in [0.05, 0.1) is 18.6 Å². The van der Waals surface area contributed by atoms with E-state index in [0.717, 1.165) is 25.9 Å². The summed E-state index contributed by atoms with van der Waals surface area (Å²) in [5.74, 6) is 0.667. The van der Waals surface area contributed by atoms with Gasteiger partial charge in [0.2, 0.25) is 5.95 Å². The van der Waals surface area contributed by atoms with Crippen LogP contribution < -0.4 is 9.62 Å². The number of anilines is 1. The average Bonchev–Trinajstić information content (AvgIpc) is 3.13. The van der Waals surface area contributed by atoms with Gasteiger partial charge in [-0.1, -0.05) is 0 Å². The summed E-state index contributed by atoms with van der Waals surface area (Å²) in [5, 5.41) is 0.0199. The van der Waals surface area contributed by atoms with E-state index in [-0.39, 0.29) is 17.6 Å². The lowest BCUT2D eigenvalue weighted by Gasteiger charge is -2.26. The highest BCUT2D eigenvalue weighted by molar-refractivity contribution is 7.89. The Hall–Kier alpha value is -2.00. The van der Waals surface area contributed by atoms with Gasteiger partial charge in [-0.05, 0) is 39.2 Å². The van der Waals surface area contributed by atoms with Crippen LogP contribution in [0.5, 0.6) is 0 Å². The van der Waals surface area contributed by atoms with Crippen LogP contribution in [0.3, 0.4) is 0 Å². The molecular weight excluding hydrogens is 340 g/mol. The smallest absolute Gasteiger partial charge is 0.259 e. The van der Waals surface area contributed by atoms with E-state index >= 15 is 0 Å². The van der Waals surface area contributed by atoms with E-state index < -0.39 is 10.0 Å². The van der Waals surface area contributed by atoms with Crippen LogP contribution in [0.25, 0.3) is 0 Å². The zero-order valence-corrected chi connectivity index (χ0v) is 15.4. The molecule has 2 aromatic rings. The van der Waals surface area contributed by atoms with E-state index in [0.29, 0.717) is 11.6 Å². The largest absolute Gasteiger partial charge is 0.341 e. The fourth-order valence-electron chi connectivity index (χ4n) is 2.71. The van der Waals surface area contributed by atoms with Crippen molar-refractivity contribution in [1.82, 2.24) is 24.2 Å². The first kappa shape index (κ1) is 17.8. The Bertz CT molecular complexity index is 812. The van der Waals surface area contributed by atoms with Crippen molar-refractivity contribution >= 4 is 16.0 Å². The number of imidazole rings is 1. The van der Waals surface area contributed by atoms with Crippen LogP contribution >= 0.6 is 0 Å². The molecule has 1 aliphatic rings. The molecule has 1 fully saturated rings. The van der Waals surface area contributed by atoms with Crippen molar-refractivity contribution in [3.63, 3.8) is 0 Å². The van der Waals surface area contributed by atoms with Crippen molar-refractivity contribution in [2.45, 2.75) is 50.7 Å². The molecule has 0 amide bonds. The Balaban J connectivity index is 1.67. The lowest BCUT2D eigenvalue weighted by Crippen LogP contribution is -2.31. The first-order valence-corrected chi connectivity index (χ1v) is 10.0. The van der Waals surface area contributed by atoms with E-state index in [9.17, 15) is 8.42 Å². The minimum atomic E-state index is -3.66. The molecule has 0 atom stereocenters. The van der Waals surface area contributed by atoms with Gasteiger partial charge in [-0.2, -0.15) is 0 Å². The predicted molar refractivity (Wildman–Crippen MR) is 94.7 cm³/mol. The number of nitrogens with one attached hydrogen (secondary N) is 1. The van der Waals surface area contributed by atoms with E-state index in [1.54, 1.807) is 16.8 Å². The summed E-state index contributed by atoms with van der Waals surface area (Å²) in [4.78, 5) is 14.9. The number of rotatable bonds is 6. The Kier molecular flexibility index (Phi) is 5.33. The van der Waals surface area contributed by atoms with Crippen molar-refractivity contribution in [3.05, 3.63) is 30.5 Å². The molecule has 8 nitrogen and oxygen atoms in total. The van der Waals surface area contributed by atoms with Crippen molar-refractivity contribution in [3.8, 4) is 0 Å². The third-order valence-electron chi connectivity index (χ3n) is 4.23. The molecule has 0 unspecified atom stereocenters. The number of aromatic nitrogens is 4. The van der Waals surface area contributed by atoms with Gasteiger partial charge in [0, 0.05) is 31.5 Å². The van der Waals surface area contributed by atoms with Crippen LogP contribution in [0.15, 0.2) is 29.8 Å². The van der Waals surface area contributed by atoms with Gasteiger partial charge in [0.1, 0.15) is 0 Å². The van der Waals surface area contributed by atoms with E-state index in [4.69, 9.17) is 0 Å². The highest BCUT2D eigenvalue weighted by Gasteiger charge is 2.19. The zero-order valence-electron chi connectivity index (χ0n) is 14.6. The van der Waals surface area contributed by atoms with E-state index in [2.05, 4.69) is 24.6 Å². The Morgan fingerprint density at radius 2 is 1.96 bits per heavy atom. The fraction of sp³-hybridized carbons (Fsp3) is 0.562. The second-order valence-electron chi connectivity index (χ2n) is 6.47. The Labute approximate surface area is 148 Å². The number of hydrogen-bond acceptors (Lipinski definition) is 6. The number of hydrogen-bond donors (Lipinski definition) is 1. The van der Waals surface area contributed by atoms with Crippen molar-refractivity contribution < 1.29 is 8.42 Å². The molecule has 0 aliphatic carbocycles. The summed E-state index contributed by atoms with van der Waals surface area (Å²) >= 11 is 0. The Morgan fingerprint density at radius 1 is 1.20 bits per heavy atom. The third kappa shape index (κ3) is 4.35. The summed E-state index contributed by atoms with van der Waals surface area (Å²) in [6.45, 7) is 5.94. The van der Waals surface area contributed by atoms with Crippen LogP contribution in [-0.4, -0.2) is 41.0 Å². The van der Waals surface area contributed by atoms with Crippen LogP contribution in [0, 0.1) is 0 Å². The molecule has 25 heavy (non-hydrogen) atoms. The summed E-state index contributed by atoms with van der Waals surface area (Å²) in [7, 11) is -3.66. The van der Waals surface area contributed by atoms with Crippen LogP contribution in [0.2, 0.25) is 0 Å². The van der Waals surface area contributed by atoms with Crippen molar-refractivity contribution in [2.24, 2.45) is 0 Å². The number of sulfonamides is 1. The normalized spacial score (nSPS) is 15.7. The van der Waals surface area contributed by atoms with Crippen LogP contribution in [-0.2, 0) is 16.6 Å². The zero-order chi connectivity index (χ0) is 17.9. The molecular formula is C16H24N6O2S. The molecule has 0 radical (unpaired) electrons. The second-order valence-corrected chi connectivity index (χ2v) is 8.19. The molecule has 3 rings (SSSR count). The van der Waals surface area contributed by atoms with Gasteiger partial charge >= 0.3 is 0 Å². The van der Waals surface area contributed by atoms with Gasteiger partial charge in [-0.25, -0.2) is 28.1 Å².